The van der Waals surface area contributed by atoms with Crippen LogP contribution in [-0.2, 0) is 17.6 Å². The summed E-state index contributed by atoms with van der Waals surface area (Å²) in [6.45, 7) is 5.88. The van der Waals surface area contributed by atoms with Crippen molar-refractivity contribution in [2.45, 2.75) is 65.2 Å². The summed E-state index contributed by atoms with van der Waals surface area (Å²) in [4.78, 5) is 11.1. The fraction of sp³-hybridized carbons (Fsp3) is 0.588. The molecule has 3 nitrogen and oxygen atoms in total. The maximum atomic E-state index is 11.1. The molecule has 0 radical (unpaired) electrons. The van der Waals surface area contributed by atoms with Crippen LogP contribution in [0.15, 0.2) is 12.1 Å². The molecule has 0 saturated carbocycles. The van der Waals surface area contributed by atoms with Crippen molar-refractivity contribution >= 4 is 5.97 Å². The third kappa shape index (κ3) is 3.99. The van der Waals surface area contributed by atoms with Gasteiger partial charge in [0.15, 0.2) is 0 Å². The number of phenolic OH excluding ortho intramolecular Hbond substituents is 1. The molecule has 1 atom stereocenters. The number of benzene rings is 1. The van der Waals surface area contributed by atoms with Gasteiger partial charge in [-0.05, 0) is 43.7 Å². The van der Waals surface area contributed by atoms with Crippen LogP contribution >= 0.6 is 0 Å². The number of hydrogen-bond acceptors (Lipinski definition) is 2. The number of aromatic hydroxyl groups is 1. The summed E-state index contributed by atoms with van der Waals surface area (Å²) in [6, 6.07) is 3.77. The minimum atomic E-state index is -0.900. The van der Waals surface area contributed by atoms with Gasteiger partial charge in [-0.3, -0.25) is 4.79 Å². The Morgan fingerprint density at radius 3 is 2.30 bits per heavy atom. The Hall–Kier alpha value is -1.51. The lowest BCUT2D eigenvalue weighted by molar-refractivity contribution is -0.138. The van der Waals surface area contributed by atoms with Crippen LogP contribution < -0.4 is 0 Å². The van der Waals surface area contributed by atoms with E-state index in [9.17, 15) is 9.90 Å². The highest BCUT2D eigenvalue weighted by Gasteiger charge is 2.20. The fourth-order valence-corrected chi connectivity index (χ4v) is 2.41. The Balaban J connectivity index is 3.15. The summed E-state index contributed by atoms with van der Waals surface area (Å²) < 4.78 is 0. The highest BCUT2D eigenvalue weighted by Crippen LogP contribution is 2.33. The van der Waals surface area contributed by atoms with E-state index in [0.29, 0.717) is 5.56 Å². The molecule has 1 unspecified atom stereocenters. The molecule has 3 heteroatoms. The molecular weight excluding hydrogens is 252 g/mol. The number of carboxylic acids is 1. The molecule has 1 rings (SSSR count). The van der Waals surface area contributed by atoms with Crippen molar-refractivity contribution in [2.75, 3.05) is 0 Å². The minimum absolute atomic E-state index is 0.196. The molecule has 0 bridgehead atoms. The smallest absolute Gasteiger partial charge is 0.310 e. The first-order chi connectivity index (χ1) is 9.52. The molecule has 0 aliphatic rings. The molecule has 0 fully saturated rings. The first-order valence-corrected chi connectivity index (χ1v) is 7.59. The Morgan fingerprint density at radius 2 is 1.75 bits per heavy atom. The zero-order chi connectivity index (χ0) is 15.1. The second kappa shape index (κ2) is 7.93. The standard InChI is InChI=1S/C17H26O3/c1-4-6-8-13-10-11-14(12(3)17(19)20)16(18)15(13)9-7-5-2/h10-12,18H,4-9H2,1-3H3,(H,19,20). The van der Waals surface area contributed by atoms with Crippen LogP contribution in [0.2, 0.25) is 0 Å². The predicted octanol–water partition coefficient (Wildman–Crippen LogP) is 4.27. The molecule has 0 spiro atoms. The normalized spacial score (nSPS) is 12.3. The van der Waals surface area contributed by atoms with Gasteiger partial charge in [-0.15, -0.1) is 0 Å². The van der Waals surface area contributed by atoms with Crippen LogP contribution in [0.25, 0.3) is 0 Å². The van der Waals surface area contributed by atoms with Gasteiger partial charge in [0, 0.05) is 5.56 Å². The summed E-state index contributed by atoms with van der Waals surface area (Å²) >= 11 is 0. The molecule has 112 valence electrons. The molecule has 1 aromatic rings. The molecule has 0 amide bonds. The van der Waals surface area contributed by atoms with E-state index in [0.717, 1.165) is 44.1 Å². The molecule has 0 aliphatic carbocycles. The summed E-state index contributed by atoms with van der Waals surface area (Å²) in [7, 11) is 0. The van der Waals surface area contributed by atoms with Crippen molar-refractivity contribution in [1.82, 2.24) is 0 Å². The molecule has 20 heavy (non-hydrogen) atoms. The second-order valence-corrected chi connectivity index (χ2v) is 5.41. The summed E-state index contributed by atoms with van der Waals surface area (Å²) in [5.41, 5.74) is 2.65. The van der Waals surface area contributed by atoms with Crippen LogP contribution in [0, 0.1) is 0 Å². The van der Waals surface area contributed by atoms with Gasteiger partial charge in [-0.1, -0.05) is 38.8 Å². The van der Waals surface area contributed by atoms with Crippen LogP contribution in [0.5, 0.6) is 5.75 Å². The lowest BCUT2D eigenvalue weighted by Crippen LogP contribution is -2.09. The van der Waals surface area contributed by atoms with Crippen molar-refractivity contribution in [2.24, 2.45) is 0 Å². The molecule has 0 saturated heterocycles. The topological polar surface area (TPSA) is 57.5 Å². The molecule has 0 aliphatic heterocycles. The number of carboxylic acid groups (broad SMARTS) is 1. The number of hydrogen-bond donors (Lipinski definition) is 2. The Bertz CT molecular complexity index is 452. The van der Waals surface area contributed by atoms with Gasteiger partial charge in [0.2, 0.25) is 0 Å². The van der Waals surface area contributed by atoms with Crippen LogP contribution in [0.3, 0.4) is 0 Å². The highest BCUT2D eigenvalue weighted by molar-refractivity contribution is 5.77. The summed E-state index contributed by atoms with van der Waals surface area (Å²) in [5, 5.41) is 19.6. The van der Waals surface area contributed by atoms with Gasteiger partial charge in [0.1, 0.15) is 5.75 Å². The van der Waals surface area contributed by atoms with E-state index >= 15 is 0 Å². The second-order valence-electron chi connectivity index (χ2n) is 5.41. The zero-order valence-electron chi connectivity index (χ0n) is 12.8. The highest BCUT2D eigenvalue weighted by atomic mass is 16.4. The quantitative estimate of drug-likeness (QED) is 0.746. The average Bonchev–Trinajstić information content (AvgIpc) is 2.43. The molecule has 1 aromatic carbocycles. The van der Waals surface area contributed by atoms with Crippen LogP contribution in [-0.4, -0.2) is 16.2 Å². The SMILES string of the molecule is CCCCc1ccc(C(C)C(=O)O)c(O)c1CCCC. The maximum Gasteiger partial charge on any atom is 0.310 e. The Labute approximate surface area is 121 Å². The first kappa shape index (κ1) is 16.5. The predicted molar refractivity (Wildman–Crippen MR) is 81.4 cm³/mol. The number of phenols is 1. The van der Waals surface area contributed by atoms with Crippen molar-refractivity contribution in [1.29, 1.82) is 0 Å². The largest absolute Gasteiger partial charge is 0.507 e. The van der Waals surface area contributed by atoms with Gasteiger partial charge >= 0.3 is 5.97 Å². The summed E-state index contributed by atoms with van der Waals surface area (Å²) in [5.74, 6) is -1.37. The van der Waals surface area contributed by atoms with Gasteiger partial charge in [0.05, 0.1) is 5.92 Å². The van der Waals surface area contributed by atoms with Crippen LogP contribution in [0.1, 0.15) is 69.1 Å². The van der Waals surface area contributed by atoms with Gasteiger partial charge in [-0.2, -0.15) is 0 Å². The Kier molecular flexibility index (Phi) is 6.56. The van der Waals surface area contributed by atoms with E-state index in [4.69, 9.17) is 5.11 Å². The van der Waals surface area contributed by atoms with Crippen molar-refractivity contribution < 1.29 is 15.0 Å². The van der Waals surface area contributed by atoms with Crippen molar-refractivity contribution in [3.05, 3.63) is 28.8 Å². The van der Waals surface area contributed by atoms with E-state index in [1.165, 1.54) is 5.56 Å². The molecular formula is C17H26O3. The van der Waals surface area contributed by atoms with E-state index < -0.39 is 11.9 Å². The Morgan fingerprint density at radius 1 is 1.15 bits per heavy atom. The van der Waals surface area contributed by atoms with E-state index in [2.05, 4.69) is 13.8 Å². The average molecular weight is 278 g/mol. The van der Waals surface area contributed by atoms with Crippen molar-refractivity contribution in [3.8, 4) is 5.75 Å². The van der Waals surface area contributed by atoms with Gasteiger partial charge in [0.25, 0.3) is 0 Å². The van der Waals surface area contributed by atoms with E-state index in [1.807, 2.05) is 6.07 Å². The van der Waals surface area contributed by atoms with Crippen molar-refractivity contribution in [3.63, 3.8) is 0 Å². The van der Waals surface area contributed by atoms with Crippen LogP contribution in [0.4, 0.5) is 0 Å². The number of unbranched alkanes of at least 4 members (excludes halogenated alkanes) is 2. The third-order valence-corrected chi connectivity index (χ3v) is 3.83. The lowest BCUT2D eigenvalue weighted by atomic mass is 9.90. The monoisotopic (exact) mass is 278 g/mol. The number of rotatable bonds is 8. The maximum absolute atomic E-state index is 11.1. The molecule has 2 N–H and O–H groups in total. The third-order valence-electron chi connectivity index (χ3n) is 3.83. The zero-order valence-corrected chi connectivity index (χ0v) is 12.8. The van der Waals surface area contributed by atoms with E-state index in [1.54, 1.807) is 13.0 Å². The number of aliphatic carboxylic acids is 1. The lowest BCUT2D eigenvalue weighted by Gasteiger charge is -2.17. The molecule has 0 heterocycles. The van der Waals surface area contributed by atoms with Gasteiger partial charge < -0.3 is 10.2 Å². The number of aryl methyl sites for hydroxylation is 1. The van der Waals surface area contributed by atoms with E-state index in [-0.39, 0.29) is 5.75 Å². The van der Waals surface area contributed by atoms with Gasteiger partial charge in [-0.25, -0.2) is 0 Å². The summed E-state index contributed by atoms with van der Waals surface area (Å²) in [6.07, 6.45) is 6.04. The minimum Gasteiger partial charge on any atom is -0.507 e. The first-order valence-electron chi connectivity index (χ1n) is 7.59. The number of carbonyl (C=O) groups is 1. The fourth-order valence-electron chi connectivity index (χ4n) is 2.41. The molecule has 0 aromatic heterocycles.